The van der Waals surface area contributed by atoms with E-state index in [0.717, 1.165) is 16.5 Å². The van der Waals surface area contributed by atoms with E-state index in [1.54, 1.807) is 0 Å². The standard InChI is InChI=1S/C25H24BrNO5S/c1-16(28)23-19(14-32-21-9-7-18(13-26)8-10-21)15-33(31)25-22(24(30)27(23)25)12-20(29)11-17-5-3-2-4-6-17/h2-10,22,25H,11-15H2,1H3/t22-,25-,33?/m1/s1. The van der Waals surface area contributed by atoms with Crippen LogP contribution >= 0.6 is 15.9 Å². The number of rotatable bonds is 9. The quantitative estimate of drug-likeness (QED) is 0.366. The molecule has 2 aromatic carbocycles. The summed E-state index contributed by atoms with van der Waals surface area (Å²) in [5.41, 5.74) is 2.79. The van der Waals surface area contributed by atoms with Crippen LogP contribution < -0.4 is 4.74 Å². The summed E-state index contributed by atoms with van der Waals surface area (Å²) < 4.78 is 18.8. The van der Waals surface area contributed by atoms with Crippen LogP contribution in [-0.4, -0.2) is 44.3 Å². The molecule has 0 bridgehead atoms. The number of Topliss-reactive ketones (excluding diaryl/α,β-unsaturated/α-hetero) is 2. The van der Waals surface area contributed by atoms with E-state index in [-0.39, 0.29) is 48.4 Å². The van der Waals surface area contributed by atoms with Gasteiger partial charge in [0.25, 0.3) is 0 Å². The summed E-state index contributed by atoms with van der Waals surface area (Å²) in [6, 6.07) is 16.8. The number of fused-ring (bicyclic) bond motifs is 1. The lowest BCUT2D eigenvalue weighted by Gasteiger charge is -2.49. The first-order chi connectivity index (χ1) is 15.9. The molecule has 33 heavy (non-hydrogen) atoms. The van der Waals surface area contributed by atoms with Crippen molar-refractivity contribution in [1.29, 1.82) is 0 Å². The van der Waals surface area contributed by atoms with Crippen LogP contribution in [0.25, 0.3) is 0 Å². The zero-order valence-electron chi connectivity index (χ0n) is 18.2. The van der Waals surface area contributed by atoms with Gasteiger partial charge >= 0.3 is 0 Å². The number of hydrogen-bond donors (Lipinski definition) is 0. The zero-order valence-corrected chi connectivity index (χ0v) is 20.6. The monoisotopic (exact) mass is 529 g/mol. The molecule has 4 rings (SSSR count). The molecule has 6 nitrogen and oxygen atoms in total. The molecule has 2 aromatic rings. The Kier molecular flexibility index (Phi) is 7.24. The minimum atomic E-state index is -1.42. The topological polar surface area (TPSA) is 80.8 Å². The van der Waals surface area contributed by atoms with E-state index in [2.05, 4.69) is 15.9 Å². The van der Waals surface area contributed by atoms with Gasteiger partial charge in [-0.15, -0.1) is 0 Å². The number of ether oxygens (including phenoxy) is 1. The zero-order chi connectivity index (χ0) is 23.5. The van der Waals surface area contributed by atoms with Crippen molar-refractivity contribution in [2.75, 3.05) is 12.4 Å². The molecule has 172 valence electrons. The highest BCUT2D eigenvalue weighted by Gasteiger charge is 2.56. The third-order valence-electron chi connectivity index (χ3n) is 5.83. The van der Waals surface area contributed by atoms with E-state index < -0.39 is 22.1 Å². The molecule has 0 spiro atoms. The summed E-state index contributed by atoms with van der Waals surface area (Å²) in [5, 5.41) is 0.0948. The molecule has 3 atom stereocenters. The maximum Gasteiger partial charge on any atom is 0.234 e. The van der Waals surface area contributed by atoms with Crippen molar-refractivity contribution in [3.8, 4) is 5.75 Å². The van der Waals surface area contributed by atoms with Crippen molar-refractivity contribution in [3.05, 3.63) is 77.0 Å². The molecule has 2 aliphatic rings. The van der Waals surface area contributed by atoms with Crippen LogP contribution in [0, 0.1) is 5.92 Å². The Hall–Kier alpha value is -2.58. The van der Waals surface area contributed by atoms with Crippen LogP contribution in [0.4, 0.5) is 0 Å². The van der Waals surface area contributed by atoms with Crippen molar-refractivity contribution in [3.63, 3.8) is 0 Å². The number of carbonyl (C=O) groups is 3. The van der Waals surface area contributed by atoms with Crippen LogP contribution in [0.1, 0.15) is 24.5 Å². The SMILES string of the molecule is CC(=O)C1=C(COc2ccc(CBr)cc2)CS(=O)[C@@H]2[C@H](CC(=O)Cc3ccccc3)C(=O)N12. The molecule has 1 unspecified atom stereocenters. The Bertz CT molecular complexity index is 1130. The van der Waals surface area contributed by atoms with E-state index in [9.17, 15) is 18.6 Å². The molecule has 1 saturated heterocycles. The lowest BCUT2D eigenvalue weighted by molar-refractivity contribution is -0.151. The fraction of sp³-hybridized carbons (Fsp3) is 0.320. The van der Waals surface area contributed by atoms with Crippen molar-refractivity contribution < 1.29 is 23.3 Å². The van der Waals surface area contributed by atoms with Crippen LogP contribution in [0.15, 0.2) is 65.9 Å². The van der Waals surface area contributed by atoms with E-state index in [0.29, 0.717) is 11.3 Å². The molecule has 1 fully saturated rings. The maximum absolute atomic E-state index is 13.0. The predicted octanol–water partition coefficient (Wildman–Crippen LogP) is 3.55. The Morgan fingerprint density at radius 2 is 1.79 bits per heavy atom. The predicted molar refractivity (Wildman–Crippen MR) is 129 cm³/mol. The van der Waals surface area contributed by atoms with Crippen LogP contribution in [-0.2, 0) is 36.9 Å². The number of β-lactam (4-membered cyclic amide) rings is 1. The van der Waals surface area contributed by atoms with Crippen LogP contribution in [0.3, 0.4) is 0 Å². The van der Waals surface area contributed by atoms with Gasteiger partial charge in [0.2, 0.25) is 5.91 Å². The summed E-state index contributed by atoms with van der Waals surface area (Å²) in [4.78, 5) is 39.3. The average molecular weight is 530 g/mol. The lowest BCUT2D eigenvalue weighted by Crippen LogP contribution is -2.65. The third-order valence-corrected chi connectivity index (χ3v) is 8.19. The van der Waals surface area contributed by atoms with Gasteiger partial charge in [0, 0.05) is 41.5 Å². The van der Waals surface area contributed by atoms with Gasteiger partial charge in [-0.05, 0) is 23.3 Å². The Labute approximate surface area is 203 Å². The Balaban J connectivity index is 1.47. The number of nitrogens with zero attached hydrogens (tertiary/aromatic N) is 1. The molecule has 0 radical (unpaired) electrons. The fourth-order valence-corrected chi connectivity index (χ4v) is 6.39. The highest BCUT2D eigenvalue weighted by molar-refractivity contribution is 9.08. The summed E-state index contributed by atoms with van der Waals surface area (Å²) in [7, 11) is -1.42. The van der Waals surface area contributed by atoms with Gasteiger partial charge in [-0.3, -0.25) is 23.5 Å². The van der Waals surface area contributed by atoms with E-state index in [1.165, 1.54) is 11.8 Å². The summed E-state index contributed by atoms with van der Waals surface area (Å²) in [5.74, 6) is -0.554. The largest absolute Gasteiger partial charge is 0.489 e. The van der Waals surface area contributed by atoms with Crippen molar-refractivity contribution in [2.24, 2.45) is 5.92 Å². The molecule has 8 heteroatoms. The highest BCUT2D eigenvalue weighted by atomic mass is 79.9. The number of halogens is 1. The van der Waals surface area contributed by atoms with Gasteiger partial charge in [-0.25, -0.2) is 0 Å². The number of hydrogen-bond acceptors (Lipinski definition) is 5. The van der Waals surface area contributed by atoms with Crippen molar-refractivity contribution in [1.82, 2.24) is 4.90 Å². The number of ketones is 2. The average Bonchev–Trinajstić information content (AvgIpc) is 2.81. The van der Waals surface area contributed by atoms with Gasteiger partial charge in [0.05, 0.1) is 17.4 Å². The first kappa shape index (κ1) is 23.6. The molecular weight excluding hydrogens is 506 g/mol. The second-order valence-corrected chi connectivity index (χ2v) is 10.3. The second-order valence-electron chi connectivity index (χ2n) is 8.21. The lowest BCUT2D eigenvalue weighted by atomic mass is 9.88. The Morgan fingerprint density at radius 3 is 2.42 bits per heavy atom. The Morgan fingerprint density at radius 1 is 1.09 bits per heavy atom. The number of carbonyl (C=O) groups excluding carboxylic acids is 3. The molecular formula is C25H24BrNO5S. The van der Waals surface area contributed by atoms with Gasteiger partial charge in [0.1, 0.15) is 23.5 Å². The summed E-state index contributed by atoms with van der Waals surface area (Å²) in [6.45, 7) is 1.47. The van der Waals surface area contributed by atoms with Gasteiger partial charge in [-0.2, -0.15) is 0 Å². The fourth-order valence-electron chi connectivity index (χ4n) is 4.26. The number of benzene rings is 2. The molecule has 0 saturated carbocycles. The maximum atomic E-state index is 13.0. The van der Waals surface area contributed by atoms with Gasteiger partial charge < -0.3 is 4.74 Å². The van der Waals surface area contributed by atoms with E-state index >= 15 is 0 Å². The number of allylic oxidation sites excluding steroid dienone is 1. The van der Waals surface area contributed by atoms with E-state index in [1.807, 2.05) is 54.6 Å². The van der Waals surface area contributed by atoms with Crippen LogP contribution in [0.5, 0.6) is 5.75 Å². The van der Waals surface area contributed by atoms with Gasteiger partial charge in [0.15, 0.2) is 5.78 Å². The summed E-state index contributed by atoms with van der Waals surface area (Å²) >= 11 is 3.40. The second kappa shape index (κ2) is 10.1. The number of amides is 1. The minimum absolute atomic E-state index is 0.0254. The minimum Gasteiger partial charge on any atom is -0.489 e. The third kappa shape index (κ3) is 5.01. The molecule has 1 amide bonds. The first-order valence-electron chi connectivity index (χ1n) is 10.7. The molecule has 0 N–H and O–H groups in total. The molecule has 2 aliphatic heterocycles. The normalized spacial score (nSPS) is 21.9. The van der Waals surface area contributed by atoms with Gasteiger partial charge in [-0.1, -0.05) is 58.4 Å². The van der Waals surface area contributed by atoms with E-state index in [4.69, 9.17) is 4.74 Å². The van der Waals surface area contributed by atoms with Crippen molar-refractivity contribution in [2.45, 2.75) is 30.5 Å². The molecule has 0 aromatic heterocycles. The molecule has 0 aliphatic carbocycles. The summed E-state index contributed by atoms with van der Waals surface area (Å²) in [6.07, 6.45) is 0.254. The highest BCUT2D eigenvalue weighted by Crippen LogP contribution is 2.40. The molecule has 2 heterocycles. The van der Waals surface area contributed by atoms with Crippen molar-refractivity contribution >= 4 is 44.2 Å². The van der Waals surface area contributed by atoms with Crippen LogP contribution in [0.2, 0.25) is 0 Å². The number of alkyl halides is 1. The first-order valence-corrected chi connectivity index (χ1v) is 13.2. The smallest absolute Gasteiger partial charge is 0.234 e.